The summed E-state index contributed by atoms with van der Waals surface area (Å²) in [6.07, 6.45) is 3.18. The molecule has 0 amide bonds. The highest BCUT2D eigenvalue weighted by Gasteiger charge is 2.04. The minimum absolute atomic E-state index is 0.0606. The lowest BCUT2D eigenvalue weighted by atomic mass is 10.1. The predicted molar refractivity (Wildman–Crippen MR) is 79.3 cm³/mol. The molecule has 0 spiro atoms. The van der Waals surface area contributed by atoms with Crippen molar-refractivity contribution in [3.8, 4) is 0 Å². The summed E-state index contributed by atoms with van der Waals surface area (Å²) >= 11 is 0. The zero-order chi connectivity index (χ0) is 13.7. The molecular weight excluding hydrogens is 236 g/mol. The molecule has 100 valence electrons. The van der Waals surface area contributed by atoms with Crippen molar-refractivity contribution in [1.82, 2.24) is 4.57 Å². The van der Waals surface area contributed by atoms with Crippen molar-refractivity contribution >= 4 is 5.69 Å². The van der Waals surface area contributed by atoms with Crippen LogP contribution in [0.3, 0.4) is 0 Å². The van der Waals surface area contributed by atoms with E-state index in [0.717, 1.165) is 36.2 Å². The van der Waals surface area contributed by atoms with Crippen LogP contribution >= 0.6 is 0 Å². The first-order valence-electron chi connectivity index (χ1n) is 6.74. The van der Waals surface area contributed by atoms with E-state index in [4.69, 9.17) is 5.73 Å². The van der Waals surface area contributed by atoms with Gasteiger partial charge >= 0.3 is 0 Å². The van der Waals surface area contributed by atoms with Crippen molar-refractivity contribution in [2.45, 2.75) is 32.7 Å². The number of unbranched alkanes of at least 4 members (excludes halogenated alkanes) is 1. The van der Waals surface area contributed by atoms with Crippen LogP contribution in [0.1, 0.15) is 31.0 Å². The van der Waals surface area contributed by atoms with Crippen LogP contribution in [0, 0.1) is 0 Å². The van der Waals surface area contributed by atoms with Crippen molar-refractivity contribution in [1.29, 1.82) is 0 Å². The SMILES string of the molecule is CCCCc1cccc(=O)n1Cc1ccc(N)cc1. The summed E-state index contributed by atoms with van der Waals surface area (Å²) in [5.41, 5.74) is 8.68. The zero-order valence-electron chi connectivity index (χ0n) is 11.3. The second kappa shape index (κ2) is 6.23. The molecule has 0 atom stereocenters. The molecule has 0 aliphatic rings. The second-order valence-electron chi connectivity index (χ2n) is 4.79. The van der Waals surface area contributed by atoms with Crippen molar-refractivity contribution in [2.24, 2.45) is 0 Å². The number of nitrogens with two attached hydrogens (primary N) is 1. The molecule has 0 unspecified atom stereocenters. The molecule has 0 aliphatic heterocycles. The van der Waals surface area contributed by atoms with E-state index >= 15 is 0 Å². The maximum atomic E-state index is 12.0. The first kappa shape index (κ1) is 13.4. The molecule has 1 aromatic carbocycles. The average molecular weight is 256 g/mol. The van der Waals surface area contributed by atoms with Gasteiger partial charge in [-0.15, -0.1) is 0 Å². The Bertz CT molecular complexity index is 584. The van der Waals surface area contributed by atoms with E-state index in [0.29, 0.717) is 6.54 Å². The fourth-order valence-corrected chi connectivity index (χ4v) is 2.12. The van der Waals surface area contributed by atoms with Gasteiger partial charge in [0.1, 0.15) is 0 Å². The van der Waals surface area contributed by atoms with Crippen LogP contribution in [-0.2, 0) is 13.0 Å². The summed E-state index contributed by atoms with van der Waals surface area (Å²) in [6.45, 7) is 2.77. The number of nitrogens with zero attached hydrogens (tertiary/aromatic N) is 1. The maximum absolute atomic E-state index is 12.0. The van der Waals surface area contributed by atoms with Gasteiger partial charge in [0.25, 0.3) is 5.56 Å². The topological polar surface area (TPSA) is 48.0 Å². The first-order chi connectivity index (χ1) is 9.20. The van der Waals surface area contributed by atoms with Crippen LogP contribution in [0.25, 0.3) is 0 Å². The Hall–Kier alpha value is -2.03. The van der Waals surface area contributed by atoms with E-state index in [1.54, 1.807) is 6.07 Å². The van der Waals surface area contributed by atoms with E-state index in [2.05, 4.69) is 6.92 Å². The first-order valence-corrected chi connectivity index (χ1v) is 6.74. The van der Waals surface area contributed by atoms with Crippen LogP contribution in [0.5, 0.6) is 0 Å². The Labute approximate surface area is 113 Å². The van der Waals surface area contributed by atoms with Crippen molar-refractivity contribution in [3.63, 3.8) is 0 Å². The lowest BCUT2D eigenvalue weighted by Crippen LogP contribution is -2.23. The molecule has 3 heteroatoms. The predicted octanol–water partition coefficient (Wildman–Crippen LogP) is 2.82. The molecule has 0 saturated carbocycles. The van der Waals surface area contributed by atoms with E-state index in [9.17, 15) is 4.79 Å². The van der Waals surface area contributed by atoms with E-state index in [-0.39, 0.29) is 5.56 Å². The van der Waals surface area contributed by atoms with Crippen molar-refractivity contribution in [3.05, 3.63) is 64.1 Å². The monoisotopic (exact) mass is 256 g/mol. The van der Waals surface area contributed by atoms with Gasteiger partial charge in [0.15, 0.2) is 0 Å². The summed E-state index contributed by atoms with van der Waals surface area (Å²) in [4.78, 5) is 12.0. The Balaban J connectivity index is 2.27. The van der Waals surface area contributed by atoms with E-state index < -0.39 is 0 Å². The molecule has 0 aliphatic carbocycles. The maximum Gasteiger partial charge on any atom is 0.251 e. The van der Waals surface area contributed by atoms with Gasteiger partial charge in [-0.05, 0) is 36.6 Å². The molecule has 0 saturated heterocycles. The summed E-state index contributed by atoms with van der Waals surface area (Å²) in [6, 6.07) is 13.2. The molecular formula is C16H20N2O. The third-order valence-corrected chi connectivity index (χ3v) is 3.25. The van der Waals surface area contributed by atoms with Crippen LogP contribution in [-0.4, -0.2) is 4.57 Å². The highest BCUT2D eigenvalue weighted by Crippen LogP contribution is 2.09. The number of hydrogen-bond acceptors (Lipinski definition) is 2. The summed E-state index contributed by atoms with van der Waals surface area (Å²) in [5.74, 6) is 0. The van der Waals surface area contributed by atoms with Crippen molar-refractivity contribution < 1.29 is 0 Å². The smallest absolute Gasteiger partial charge is 0.251 e. The Morgan fingerprint density at radius 2 is 1.84 bits per heavy atom. The largest absolute Gasteiger partial charge is 0.399 e. The molecule has 0 fully saturated rings. The Morgan fingerprint density at radius 3 is 2.53 bits per heavy atom. The third-order valence-electron chi connectivity index (χ3n) is 3.25. The summed E-state index contributed by atoms with van der Waals surface area (Å²) < 4.78 is 1.85. The number of aromatic nitrogens is 1. The van der Waals surface area contributed by atoms with Crippen LogP contribution in [0.15, 0.2) is 47.3 Å². The van der Waals surface area contributed by atoms with Gasteiger partial charge in [0.2, 0.25) is 0 Å². The standard InChI is InChI=1S/C16H20N2O/c1-2-3-5-15-6-4-7-16(19)18(15)12-13-8-10-14(17)11-9-13/h4,6-11H,2-3,5,12,17H2,1H3. The average Bonchev–Trinajstić information content (AvgIpc) is 2.42. The van der Waals surface area contributed by atoms with Gasteiger partial charge in [-0.1, -0.05) is 31.5 Å². The number of rotatable bonds is 5. The quantitative estimate of drug-likeness (QED) is 0.836. The van der Waals surface area contributed by atoms with Crippen LogP contribution in [0.2, 0.25) is 0 Å². The Kier molecular flexibility index (Phi) is 4.39. The number of aryl methyl sites for hydroxylation is 1. The lowest BCUT2D eigenvalue weighted by Gasteiger charge is -2.12. The zero-order valence-corrected chi connectivity index (χ0v) is 11.3. The molecule has 2 rings (SSSR count). The number of benzene rings is 1. The van der Waals surface area contributed by atoms with Crippen LogP contribution in [0.4, 0.5) is 5.69 Å². The van der Waals surface area contributed by atoms with E-state index in [1.165, 1.54) is 0 Å². The van der Waals surface area contributed by atoms with Gasteiger partial charge in [0.05, 0.1) is 6.54 Å². The number of hydrogen-bond donors (Lipinski definition) is 1. The highest BCUT2D eigenvalue weighted by atomic mass is 16.1. The second-order valence-corrected chi connectivity index (χ2v) is 4.79. The minimum atomic E-state index is 0.0606. The normalized spacial score (nSPS) is 10.6. The molecule has 0 bridgehead atoms. The molecule has 0 radical (unpaired) electrons. The van der Waals surface area contributed by atoms with Gasteiger partial charge in [0, 0.05) is 17.4 Å². The number of pyridine rings is 1. The fourth-order valence-electron chi connectivity index (χ4n) is 2.12. The molecule has 1 aromatic heterocycles. The van der Waals surface area contributed by atoms with Gasteiger partial charge in [-0.25, -0.2) is 0 Å². The molecule has 3 nitrogen and oxygen atoms in total. The van der Waals surface area contributed by atoms with Crippen LogP contribution < -0.4 is 11.3 Å². The number of anilines is 1. The van der Waals surface area contributed by atoms with Gasteiger partial charge in [-0.2, -0.15) is 0 Å². The van der Waals surface area contributed by atoms with Gasteiger partial charge < -0.3 is 10.3 Å². The third kappa shape index (κ3) is 3.47. The molecule has 19 heavy (non-hydrogen) atoms. The lowest BCUT2D eigenvalue weighted by molar-refractivity contribution is 0.667. The molecule has 2 aromatic rings. The summed E-state index contributed by atoms with van der Waals surface area (Å²) in [5, 5.41) is 0. The summed E-state index contributed by atoms with van der Waals surface area (Å²) in [7, 11) is 0. The number of nitrogen functional groups attached to an aromatic ring is 1. The Morgan fingerprint density at radius 1 is 1.11 bits per heavy atom. The molecule has 1 heterocycles. The fraction of sp³-hybridized carbons (Fsp3) is 0.312. The van der Waals surface area contributed by atoms with Crippen molar-refractivity contribution in [2.75, 3.05) is 5.73 Å². The minimum Gasteiger partial charge on any atom is -0.399 e. The van der Waals surface area contributed by atoms with Gasteiger partial charge in [-0.3, -0.25) is 4.79 Å². The highest BCUT2D eigenvalue weighted by molar-refractivity contribution is 5.39. The van der Waals surface area contributed by atoms with E-state index in [1.807, 2.05) is 41.0 Å². The molecule has 2 N–H and O–H groups in total.